The number of hydrogen-bond donors (Lipinski definition) is 9. The van der Waals surface area contributed by atoms with Gasteiger partial charge < -0.3 is 16.6 Å². The van der Waals surface area contributed by atoms with E-state index in [1.54, 1.807) is 0 Å². The highest BCUT2D eigenvalue weighted by Gasteiger charge is 2.39. The van der Waals surface area contributed by atoms with Crippen molar-refractivity contribution in [3.05, 3.63) is 165 Å². The lowest BCUT2D eigenvalue weighted by atomic mass is 9.74. The average molecular weight is 821 g/mol. The molecule has 0 saturated carbocycles. The first-order valence-electron chi connectivity index (χ1n) is 16.2. The second-order valence-corrected chi connectivity index (χ2v) is 14.5. The summed E-state index contributed by atoms with van der Waals surface area (Å²) in [6, 6.07) is 39.1. The standard InChI is InChI=1S/C37H38N2O.3H2O4S/c1-3-28-25-34(36(39)35(38)31(28)4-2)37(40,30-20-12-7-13-21-30)33-22-14-19-29(23-26-15-8-5-9-16-26)32(33)24-27-17-10-6-11-18-27;3*1-5(2,3)4/h5-22,25,40H,3-4,23-24,38-39H2,1-2H3;3*(H2,1,2,3,4). The van der Waals surface area contributed by atoms with Crippen LogP contribution in [0, 0.1) is 0 Å². The van der Waals surface area contributed by atoms with Gasteiger partial charge in [-0.05, 0) is 76.3 Å². The number of aryl methyl sites for hydroxylation is 1. The number of rotatable bonds is 9. The molecular weight excluding hydrogens is 777 g/mol. The van der Waals surface area contributed by atoms with Crippen molar-refractivity contribution in [2.75, 3.05) is 11.5 Å². The lowest BCUT2D eigenvalue weighted by molar-refractivity contribution is 0.125. The molecule has 5 rings (SSSR count). The fraction of sp³-hybridized carbons (Fsp3) is 0.189. The maximum absolute atomic E-state index is 13.1. The van der Waals surface area contributed by atoms with Crippen LogP contribution >= 0.6 is 0 Å². The molecule has 298 valence electrons. The molecule has 5 aromatic rings. The van der Waals surface area contributed by atoms with Gasteiger partial charge in [0.05, 0.1) is 11.4 Å². The van der Waals surface area contributed by atoms with Crippen molar-refractivity contribution in [2.24, 2.45) is 0 Å². The molecule has 0 saturated heterocycles. The van der Waals surface area contributed by atoms with Gasteiger partial charge in [-0.25, -0.2) is 0 Å². The summed E-state index contributed by atoms with van der Waals surface area (Å²) in [6.45, 7) is 4.22. The van der Waals surface area contributed by atoms with Gasteiger partial charge in [-0.3, -0.25) is 27.3 Å². The van der Waals surface area contributed by atoms with Gasteiger partial charge in [0.1, 0.15) is 5.60 Å². The van der Waals surface area contributed by atoms with Crippen molar-refractivity contribution in [3.8, 4) is 0 Å². The van der Waals surface area contributed by atoms with Crippen LogP contribution in [0.5, 0.6) is 0 Å². The molecule has 0 heterocycles. The Morgan fingerprint density at radius 1 is 0.491 bits per heavy atom. The van der Waals surface area contributed by atoms with Crippen molar-refractivity contribution in [3.63, 3.8) is 0 Å². The van der Waals surface area contributed by atoms with E-state index in [9.17, 15) is 5.11 Å². The van der Waals surface area contributed by atoms with Crippen molar-refractivity contribution in [1.29, 1.82) is 0 Å². The molecule has 0 bridgehead atoms. The third-order valence-electron chi connectivity index (χ3n) is 8.05. The van der Waals surface area contributed by atoms with Crippen LogP contribution in [-0.2, 0) is 62.5 Å². The maximum atomic E-state index is 13.1. The van der Waals surface area contributed by atoms with Crippen molar-refractivity contribution in [1.82, 2.24) is 0 Å². The van der Waals surface area contributed by atoms with Gasteiger partial charge in [-0.2, -0.15) is 25.3 Å². The Labute approximate surface area is 321 Å². The SMILES string of the molecule is CCc1cc(C(O)(c2ccccc2)c2cccc(Cc3ccccc3)c2Cc2ccccc2)c(N)c(N)c1CC.O=S(=O)(O)O.O=S(=O)(O)O.O=S(=O)(O)O. The highest BCUT2D eigenvalue weighted by atomic mass is 32.3. The van der Waals surface area contributed by atoms with Crippen LogP contribution in [0.4, 0.5) is 11.4 Å². The Hall–Kier alpha value is -4.73. The van der Waals surface area contributed by atoms with E-state index in [1.165, 1.54) is 16.7 Å². The Morgan fingerprint density at radius 3 is 1.33 bits per heavy atom. The first-order valence-corrected chi connectivity index (χ1v) is 20.4. The van der Waals surface area contributed by atoms with Crippen LogP contribution in [0.1, 0.15) is 63.9 Å². The molecule has 0 radical (unpaired) electrons. The smallest absolute Gasteiger partial charge is 0.394 e. The summed E-state index contributed by atoms with van der Waals surface area (Å²) >= 11 is 0. The van der Waals surface area contributed by atoms with E-state index in [0.717, 1.165) is 47.1 Å². The normalized spacial score (nSPS) is 12.4. The van der Waals surface area contributed by atoms with Crippen molar-refractivity contribution in [2.45, 2.75) is 45.1 Å². The van der Waals surface area contributed by atoms with E-state index < -0.39 is 36.8 Å². The Morgan fingerprint density at radius 2 is 0.909 bits per heavy atom. The maximum Gasteiger partial charge on any atom is 0.394 e. The number of anilines is 2. The van der Waals surface area contributed by atoms with Crippen LogP contribution in [0.25, 0.3) is 0 Å². The van der Waals surface area contributed by atoms with E-state index in [0.29, 0.717) is 23.4 Å². The van der Waals surface area contributed by atoms with Gasteiger partial charge in [0.25, 0.3) is 0 Å². The van der Waals surface area contributed by atoms with Gasteiger partial charge >= 0.3 is 31.2 Å². The van der Waals surface area contributed by atoms with Crippen molar-refractivity contribution < 1.29 is 57.7 Å². The highest BCUT2D eigenvalue weighted by molar-refractivity contribution is 7.80. The summed E-state index contributed by atoms with van der Waals surface area (Å²) in [5.74, 6) is 0. The molecule has 0 spiro atoms. The quantitative estimate of drug-likeness (QED) is 0.0505. The monoisotopic (exact) mass is 820 g/mol. The molecule has 0 aliphatic heterocycles. The lowest BCUT2D eigenvalue weighted by Gasteiger charge is -2.35. The Kier molecular flexibility index (Phi) is 17.1. The van der Waals surface area contributed by atoms with E-state index in [2.05, 4.69) is 86.6 Å². The van der Waals surface area contributed by atoms with Crippen molar-refractivity contribution >= 4 is 42.6 Å². The first kappa shape index (κ1) is 46.4. The molecule has 55 heavy (non-hydrogen) atoms. The Balaban J connectivity index is 0.000000592. The third-order valence-corrected chi connectivity index (χ3v) is 8.05. The summed E-state index contributed by atoms with van der Waals surface area (Å²) in [6.07, 6.45) is 3.03. The molecule has 0 aliphatic carbocycles. The van der Waals surface area contributed by atoms with E-state index >= 15 is 0 Å². The van der Waals surface area contributed by atoms with Crippen LogP contribution in [-0.4, -0.2) is 57.7 Å². The molecule has 18 heteroatoms. The summed E-state index contributed by atoms with van der Waals surface area (Å²) in [5.41, 5.74) is 22.1. The first-order chi connectivity index (χ1) is 25.5. The number of nitrogens with two attached hydrogens (primary N) is 2. The van der Waals surface area contributed by atoms with Gasteiger partial charge in [0.2, 0.25) is 0 Å². The van der Waals surface area contributed by atoms with Crippen LogP contribution in [0.2, 0.25) is 0 Å². The van der Waals surface area contributed by atoms with E-state index in [-0.39, 0.29) is 0 Å². The van der Waals surface area contributed by atoms with Gasteiger partial charge in [-0.1, -0.05) is 123 Å². The highest BCUT2D eigenvalue weighted by Crippen LogP contribution is 2.45. The number of benzene rings is 5. The number of hydrogen-bond acceptors (Lipinski definition) is 9. The topological polar surface area (TPSA) is 296 Å². The zero-order valence-corrected chi connectivity index (χ0v) is 32.2. The zero-order chi connectivity index (χ0) is 41.6. The van der Waals surface area contributed by atoms with E-state index in [1.807, 2.05) is 42.5 Å². The summed E-state index contributed by atoms with van der Waals surface area (Å²) in [5, 5.41) is 13.1. The summed E-state index contributed by atoms with van der Waals surface area (Å²) in [4.78, 5) is 0. The van der Waals surface area contributed by atoms with Gasteiger partial charge in [0.15, 0.2) is 0 Å². The summed E-state index contributed by atoms with van der Waals surface area (Å²) < 4.78 is 94.8. The van der Waals surface area contributed by atoms with E-state index in [4.69, 9.17) is 64.0 Å². The minimum Gasteiger partial charge on any atom is -0.397 e. The predicted molar refractivity (Wildman–Crippen MR) is 210 cm³/mol. The predicted octanol–water partition coefficient (Wildman–Crippen LogP) is 5.48. The second-order valence-electron chi connectivity index (χ2n) is 11.8. The third kappa shape index (κ3) is 15.9. The fourth-order valence-electron chi connectivity index (χ4n) is 5.95. The molecule has 5 aromatic carbocycles. The molecule has 0 aliphatic rings. The zero-order valence-electron chi connectivity index (χ0n) is 29.8. The fourth-order valence-corrected chi connectivity index (χ4v) is 5.95. The molecular formula is C37H44N2O13S3. The van der Waals surface area contributed by atoms with Crippen LogP contribution < -0.4 is 11.5 Å². The number of nitrogen functional groups attached to an aromatic ring is 2. The Bertz CT molecular complexity index is 2230. The number of aliphatic hydroxyl groups is 1. The van der Waals surface area contributed by atoms with Gasteiger partial charge in [-0.15, -0.1) is 0 Å². The molecule has 0 fully saturated rings. The minimum absolute atomic E-state index is 0.444. The summed E-state index contributed by atoms with van der Waals surface area (Å²) in [7, 11) is -14.0. The molecule has 15 nitrogen and oxygen atoms in total. The molecule has 1 unspecified atom stereocenters. The molecule has 1 atom stereocenters. The molecule has 0 amide bonds. The second kappa shape index (κ2) is 20.3. The molecule has 11 N–H and O–H groups in total. The largest absolute Gasteiger partial charge is 0.397 e. The molecule has 0 aromatic heterocycles. The van der Waals surface area contributed by atoms with Crippen LogP contribution in [0.3, 0.4) is 0 Å². The lowest BCUT2D eigenvalue weighted by Crippen LogP contribution is -2.32. The van der Waals surface area contributed by atoms with Gasteiger partial charge in [0, 0.05) is 5.56 Å². The van der Waals surface area contributed by atoms with Crippen LogP contribution in [0.15, 0.2) is 115 Å². The minimum atomic E-state index is -4.67. The average Bonchev–Trinajstić information content (AvgIpc) is 3.09.